The normalized spacial score (nSPS) is 15.4. The Hall–Kier alpha value is -2.44. The lowest BCUT2D eigenvalue weighted by Crippen LogP contribution is -2.39. The second kappa shape index (κ2) is 9.89. The standard InChI is InChI=1S/C19H25FN2O4/c20-15-8-6-14(7-9-15)16(11-19(25)26)22-18(24)12-21-17(23)10-5-13-3-1-2-4-13/h6-9,13,16H,1-5,10-12H2,(H,21,23)(H,22,24)(H,25,26). The molecule has 1 aliphatic carbocycles. The molecule has 0 aromatic heterocycles. The van der Waals surface area contributed by atoms with Crippen LogP contribution in [0.15, 0.2) is 24.3 Å². The molecule has 1 aromatic rings. The molecule has 2 amide bonds. The number of carboxylic acid groups (broad SMARTS) is 1. The second-order valence-electron chi connectivity index (χ2n) is 6.74. The first-order chi connectivity index (χ1) is 12.4. The molecule has 26 heavy (non-hydrogen) atoms. The Kier molecular flexibility index (Phi) is 7.56. The first-order valence-electron chi connectivity index (χ1n) is 8.97. The van der Waals surface area contributed by atoms with Crippen molar-refractivity contribution in [3.8, 4) is 0 Å². The topological polar surface area (TPSA) is 95.5 Å². The van der Waals surface area contributed by atoms with Crippen molar-refractivity contribution in [3.63, 3.8) is 0 Å². The number of hydrogen-bond donors (Lipinski definition) is 3. The van der Waals surface area contributed by atoms with Gasteiger partial charge < -0.3 is 15.7 Å². The molecule has 3 N–H and O–H groups in total. The quantitative estimate of drug-likeness (QED) is 0.627. The average molecular weight is 364 g/mol. The first kappa shape index (κ1) is 19.9. The minimum Gasteiger partial charge on any atom is -0.481 e. The van der Waals surface area contributed by atoms with E-state index in [4.69, 9.17) is 5.11 Å². The zero-order valence-electron chi connectivity index (χ0n) is 14.7. The lowest BCUT2D eigenvalue weighted by molar-refractivity contribution is -0.138. The molecule has 6 nitrogen and oxygen atoms in total. The van der Waals surface area contributed by atoms with Crippen molar-refractivity contribution in [2.75, 3.05) is 6.54 Å². The highest BCUT2D eigenvalue weighted by Crippen LogP contribution is 2.28. The van der Waals surface area contributed by atoms with E-state index in [9.17, 15) is 18.8 Å². The molecule has 0 saturated heterocycles. The number of hydrogen-bond acceptors (Lipinski definition) is 3. The fourth-order valence-electron chi connectivity index (χ4n) is 3.27. The molecule has 142 valence electrons. The molecule has 1 unspecified atom stereocenters. The molecule has 0 heterocycles. The molecule has 7 heteroatoms. The van der Waals surface area contributed by atoms with Gasteiger partial charge in [-0.3, -0.25) is 14.4 Å². The molecule has 1 aliphatic rings. The molecule has 0 aliphatic heterocycles. The third-order valence-corrected chi connectivity index (χ3v) is 4.69. The Morgan fingerprint density at radius 3 is 2.38 bits per heavy atom. The van der Waals surface area contributed by atoms with Crippen molar-refractivity contribution in [3.05, 3.63) is 35.6 Å². The fourth-order valence-corrected chi connectivity index (χ4v) is 3.27. The first-order valence-corrected chi connectivity index (χ1v) is 8.97. The number of carbonyl (C=O) groups excluding carboxylic acids is 2. The van der Waals surface area contributed by atoms with E-state index in [2.05, 4.69) is 10.6 Å². The van der Waals surface area contributed by atoms with Gasteiger partial charge in [-0.25, -0.2) is 4.39 Å². The average Bonchev–Trinajstić information content (AvgIpc) is 3.11. The molecule has 1 fully saturated rings. The summed E-state index contributed by atoms with van der Waals surface area (Å²) in [5.41, 5.74) is 0.495. The molecular weight excluding hydrogens is 339 g/mol. The molecule has 0 radical (unpaired) electrons. The van der Waals surface area contributed by atoms with Gasteiger partial charge in [0.25, 0.3) is 0 Å². The molecular formula is C19H25FN2O4. The van der Waals surface area contributed by atoms with Crippen molar-refractivity contribution < 1.29 is 23.9 Å². The Morgan fingerprint density at radius 2 is 1.77 bits per heavy atom. The summed E-state index contributed by atoms with van der Waals surface area (Å²) in [6.07, 6.45) is 5.70. The van der Waals surface area contributed by atoms with Crippen LogP contribution < -0.4 is 10.6 Å². The van der Waals surface area contributed by atoms with Crippen molar-refractivity contribution in [2.24, 2.45) is 5.92 Å². The van der Waals surface area contributed by atoms with E-state index in [1.54, 1.807) is 0 Å². The van der Waals surface area contributed by atoms with Gasteiger partial charge in [-0.15, -0.1) is 0 Å². The monoisotopic (exact) mass is 364 g/mol. The highest BCUT2D eigenvalue weighted by atomic mass is 19.1. The molecule has 1 aromatic carbocycles. The van der Waals surface area contributed by atoms with Crippen LogP contribution >= 0.6 is 0 Å². The highest BCUT2D eigenvalue weighted by molar-refractivity contribution is 5.85. The minimum absolute atomic E-state index is 0.177. The zero-order chi connectivity index (χ0) is 18.9. The maximum atomic E-state index is 13.0. The van der Waals surface area contributed by atoms with Gasteiger partial charge in [0.15, 0.2) is 0 Å². The van der Waals surface area contributed by atoms with Crippen LogP contribution in [0.4, 0.5) is 4.39 Å². The number of amides is 2. The molecule has 0 spiro atoms. The van der Waals surface area contributed by atoms with E-state index < -0.39 is 23.7 Å². The highest BCUT2D eigenvalue weighted by Gasteiger charge is 2.19. The van der Waals surface area contributed by atoms with Crippen LogP contribution in [0, 0.1) is 11.7 Å². The van der Waals surface area contributed by atoms with Gasteiger partial charge >= 0.3 is 5.97 Å². The summed E-state index contributed by atoms with van der Waals surface area (Å²) in [7, 11) is 0. The van der Waals surface area contributed by atoms with E-state index in [1.807, 2.05) is 0 Å². The van der Waals surface area contributed by atoms with Crippen LogP contribution in [0.1, 0.15) is 56.6 Å². The smallest absolute Gasteiger partial charge is 0.305 e. The molecule has 2 rings (SSSR count). The number of nitrogens with one attached hydrogen (secondary N) is 2. The summed E-state index contributed by atoms with van der Waals surface area (Å²) in [4.78, 5) is 34.9. The SMILES string of the molecule is O=C(O)CC(NC(=O)CNC(=O)CCC1CCCC1)c1ccc(F)cc1. The van der Waals surface area contributed by atoms with Gasteiger partial charge in [-0.1, -0.05) is 37.8 Å². The number of aliphatic carboxylic acids is 1. The number of rotatable bonds is 9. The molecule has 0 bridgehead atoms. The second-order valence-corrected chi connectivity index (χ2v) is 6.74. The lowest BCUT2D eigenvalue weighted by atomic mass is 10.0. The van der Waals surface area contributed by atoms with Crippen LogP contribution in [0.5, 0.6) is 0 Å². The van der Waals surface area contributed by atoms with Crippen LogP contribution in [0.3, 0.4) is 0 Å². The minimum atomic E-state index is -1.08. The number of carbonyl (C=O) groups is 3. The van der Waals surface area contributed by atoms with E-state index in [-0.39, 0.29) is 18.9 Å². The number of halogens is 1. The summed E-state index contributed by atoms with van der Waals surface area (Å²) >= 11 is 0. The van der Waals surface area contributed by atoms with E-state index in [0.717, 1.165) is 6.42 Å². The summed E-state index contributed by atoms with van der Waals surface area (Å²) in [5, 5.41) is 14.2. The molecule has 1 atom stereocenters. The van der Waals surface area contributed by atoms with Gasteiger partial charge in [0.2, 0.25) is 11.8 Å². The van der Waals surface area contributed by atoms with E-state index in [0.29, 0.717) is 17.9 Å². The van der Waals surface area contributed by atoms with Crippen molar-refractivity contribution in [2.45, 2.75) is 51.0 Å². The van der Waals surface area contributed by atoms with Crippen LogP contribution in [-0.4, -0.2) is 29.4 Å². The predicted molar refractivity (Wildman–Crippen MR) is 93.7 cm³/mol. The third kappa shape index (κ3) is 6.82. The largest absolute Gasteiger partial charge is 0.481 e. The number of benzene rings is 1. The van der Waals surface area contributed by atoms with Crippen molar-refractivity contribution in [1.29, 1.82) is 0 Å². The Balaban J connectivity index is 1.79. The number of carboxylic acids is 1. The predicted octanol–water partition coefficient (Wildman–Crippen LogP) is 2.54. The van der Waals surface area contributed by atoms with Crippen LogP contribution in [0.25, 0.3) is 0 Å². The third-order valence-electron chi connectivity index (χ3n) is 4.69. The Bertz CT molecular complexity index is 627. The van der Waals surface area contributed by atoms with Gasteiger partial charge in [0, 0.05) is 6.42 Å². The summed E-state index contributed by atoms with van der Waals surface area (Å²) < 4.78 is 13.0. The Morgan fingerprint density at radius 1 is 1.12 bits per heavy atom. The van der Waals surface area contributed by atoms with E-state index >= 15 is 0 Å². The van der Waals surface area contributed by atoms with Crippen LogP contribution in [-0.2, 0) is 14.4 Å². The molecule has 1 saturated carbocycles. The van der Waals surface area contributed by atoms with E-state index in [1.165, 1.54) is 49.9 Å². The van der Waals surface area contributed by atoms with Crippen molar-refractivity contribution >= 4 is 17.8 Å². The summed E-state index contributed by atoms with van der Waals surface area (Å²) in [6.45, 7) is -0.208. The fraction of sp³-hybridized carbons (Fsp3) is 0.526. The van der Waals surface area contributed by atoms with Gasteiger partial charge in [0.1, 0.15) is 5.82 Å². The van der Waals surface area contributed by atoms with Crippen molar-refractivity contribution in [1.82, 2.24) is 10.6 Å². The maximum Gasteiger partial charge on any atom is 0.305 e. The summed E-state index contributed by atoms with van der Waals surface area (Å²) in [6, 6.07) is 4.51. The van der Waals surface area contributed by atoms with Gasteiger partial charge in [0.05, 0.1) is 19.0 Å². The zero-order valence-corrected chi connectivity index (χ0v) is 14.7. The maximum absolute atomic E-state index is 13.0. The summed E-state index contributed by atoms with van der Waals surface area (Å²) in [5.74, 6) is -1.57. The van der Waals surface area contributed by atoms with Crippen LogP contribution in [0.2, 0.25) is 0 Å². The lowest BCUT2D eigenvalue weighted by Gasteiger charge is -2.18. The van der Waals surface area contributed by atoms with Gasteiger partial charge in [-0.2, -0.15) is 0 Å². The Labute approximate surface area is 152 Å². The van der Waals surface area contributed by atoms with Gasteiger partial charge in [-0.05, 0) is 30.0 Å².